The van der Waals surface area contributed by atoms with Crippen molar-refractivity contribution in [1.82, 2.24) is 36.4 Å². The Kier molecular flexibility index (Phi) is 11.0. The highest BCUT2D eigenvalue weighted by molar-refractivity contribution is 5.90. The smallest absolute Gasteiger partial charge is 0.425 e. The van der Waals surface area contributed by atoms with Gasteiger partial charge in [0.2, 0.25) is 5.91 Å². The molecular formula is C42H55N8O6+. The molecule has 4 aliphatic rings. The monoisotopic (exact) mass is 767 g/mol. The molecule has 2 aromatic carbocycles. The fourth-order valence-electron chi connectivity index (χ4n) is 9.00. The lowest BCUT2D eigenvalue weighted by molar-refractivity contribution is -0.557. The summed E-state index contributed by atoms with van der Waals surface area (Å²) in [4.78, 5) is 46.1. The lowest BCUT2D eigenvalue weighted by atomic mass is 9.78. The Morgan fingerprint density at radius 2 is 1.52 bits per heavy atom. The number of aliphatic hydroxyl groups excluding tert-OH is 1. The van der Waals surface area contributed by atoms with E-state index in [0.717, 1.165) is 78.0 Å². The van der Waals surface area contributed by atoms with Gasteiger partial charge in [-0.15, -0.1) is 0 Å². The number of methoxy groups -OCH3 is 2. The van der Waals surface area contributed by atoms with E-state index in [-0.39, 0.29) is 53.7 Å². The SMILES string of the molecule is COC(=O)NN(C(=O)[C@H]1CCCC[C@@H]1c1ncc(-c2ccc(-c3ccc(C4=CNC([C@@H]5CCC[N+]5=C(O)C5(NC(=O)OC)C(C)C5C)N4)cc3)cc2)[nH]1)C(C)C. The molecule has 6 atom stereocenters. The number of aromatic nitrogens is 2. The Morgan fingerprint density at radius 1 is 0.893 bits per heavy atom. The predicted molar refractivity (Wildman–Crippen MR) is 212 cm³/mol. The van der Waals surface area contributed by atoms with Crippen molar-refractivity contribution in [1.29, 1.82) is 0 Å². The molecule has 1 aromatic heterocycles. The molecule has 2 aliphatic heterocycles. The summed E-state index contributed by atoms with van der Waals surface area (Å²) in [5.74, 6) is 0.657. The van der Waals surface area contributed by atoms with Crippen molar-refractivity contribution in [3.05, 3.63) is 72.3 Å². The van der Waals surface area contributed by atoms with Crippen LogP contribution in [-0.2, 0) is 14.3 Å². The molecule has 14 nitrogen and oxygen atoms in total. The van der Waals surface area contributed by atoms with Gasteiger partial charge in [-0.1, -0.05) is 75.2 Å². The van der Waals surface area contributed by atoms with Crippen LogP contribution >= 0.6 is 0 Å². The van der Waals surface area contributed by atoms with Gasteiger partial charge < -0.3 is 35.5 Å². The number of aliphatic hydroxyl groups is 1. The molecule has 298 valence electrons. The molecule has 2 aliphatic carbocycles. The van der Waals surface area contributed by atoms with Crippen molar-refractivity contribution in [3.8, 4) is 22.4 Å². The van der Waals surface area contributed by atoms with Gasteiger partial charge in [-0.25, -0.2) is 25.0 Å². The van der Waals surface area contributed by atoms with E-state index < -0.39 is 17.7 Å². The minimum atomic E-state index is -0.817. The van der Waals surface area contributed by atoms with Gasteiger partial charge in [0.15, 0.2) is 17.7 Å². The number of ether oxygens (including phenoxy) is 2. The highest BCUT2D eigenvalue weighted by atomic mass is 16.5. The van der Waals surface area contributed by atoms with E-state index >= 15 is 0 Å². The van der Waals surface area contributed by atoms with Gasteiger partial charge in [0.05, 0.1) is 31.8 Å². The normalized spacial score (nSPS) is 27.7. The second-order valence-corrected chi connectivity index (χ2v) is 15.9. The zero-order valence-electron chi connectivity index (χ0n) is 33.1. The first-order valence-electron chi connectivity index (χ1n) is 19.8. The van der Waals surface area contributed by atoms with Crippen LogP contribution in [-0.4, -0.2) is 93.2 Å². The van der Waals surface area contributed by atoms with E-state index in [1.807, 2.05) is 44.7 Å². The topological polar surface area (TPSA) is 173 Å². The Morgan fingerprint density at radius 3 is 2.14 bits per heavy atom. The molecule has 6 N–H and O–H groups in total. The molecular weight excluding hydrogens is 713 g/mol. The third-order valence-corrected chi connectivity index (χ3v) is 12.5. The van der Waals surface area contributed by atoms with Crippen molar-refractivity contribution in [3.63, 3.8) is 0 Å². The molecule has 2 saturated carbocycles. The van der Waals surface area contributed by atoms with Crippen LogP contribution in [0.25, 0.3) is 28.1 Å². The van der Waals surface area contributed by atoms with Crippen LogP contribution in [0, 0.1) is 17.8 Å². The summed E-state index contributed by atoms with van der Waals surface area (Å²) >= 11 is 0. The molecule has 14 heteroatoms. The maximum atomic E-state index is 13.7. The van der Waals surface area contributed by atoms with Crippen LogP contribution in [0.3, 0.4) is 0 Å². The van der Waals surface area contributed by atoms with Crippen LogP contribution in [0.5, 0.6) is 0 Å². The number of carbonyl (C=O) groups excluding carboxylic acids is 3. The number of nitrogens with zero attached hydrogens (tertiary/aromatic N) is 3. The molecule has 0 radical (unpaired) electrons. The van der Waals surface area contributed by atoms with Gasteiger partial charge >= 0.3 is 18.1 Å². The van der Waals surface area contributed by atoms with Gasteiger partial charge in [0.25, 0.3) is 0 Å². The molecule has 56 heavy (non-hydrogen) atoms. The van der Waals surface area contributed by atoms with Crippen molar-refractivity contribution in [2.24, 2.45) is 17.8 Å². The molecule has 0 spiro atoms. The van der Waals surface area contributed by atoms with Crippen molar-refractivity contribution in [2.45, 2.75) is 95.9 Å². The van der Waals surface area contributed by atoms with E-state index in [0.29, 0.717) is 6.54 Å². The highest BCUT2D eigenvalue weighted by Gasteiger charge is 2.69. The lowest BCUT2D eigenvalue weighted by Gasteiger charge is -2.35. The number of rotatable bonds is 9. The Balaban J connectivity index is 0.995. The van der Waals surface area contributed by atoms with Gasteiger partial charge in [-0.3, -0.25) is 4.79 Å². The number of carbonyl (C=O) groups is 3. The molecule has 7 rings (SSSR count). The van der Waals surface area contributed by atoms with E-state index in [4.69, 9.17) is 14.5 Å². The maximum absolute atomic E-state index is 13.7. The van der Waals surface area contributed by atoms with Crippen LogP contribution < -0.4 is 21.4 Å². The maximum Gasteiger partial charge on any atom is 0.425 e. The molecule has 3 heterocycles. The minimum absolute atomic E-state index is 0.000897. The second-order valence-electron chi connectivity index (χ2n) is 15.9. The van der Waals surface area contributed by atoms with Gasteiger partial charge in [-0.05, 0) is 60.8 Å². The molecule has 3 fully saturated rings. The number of benzene rings is 2. The minimum Gasteiger partial charge on any atom is -0.462 e. The summed E-state index contributed by atoms with van der Waals surface area (Å²) in [6, 6.07) is 16.6. The molecule has 3 aromatic rings. The number of nitrogens with one attached hydrogen (secondary N) is 5. The first-order chi connectivity index (χ1) is 27.0. The number of amides is 3. The average Bonchev–Trinajstić information content (AvgIpc) is 3.87. The van der Waals surface area contributed by atoms with Crippen molar-refractivity contribution < 1.29 is 33.5 Å². The third kappa shape index (κ3) is 7.28. The van der Waals surface area contributed by atoms with E-state index in [1.165, 1.54) is 19.2 Å². The largest absolute Gasteiger partial charge is 0.462 e. The van der Waals surface area contributed by atoms with Crippen molar-refractivity contribution >= 4 is 29.7 Å². The molecule has 0 bridgehead atoms. The Labute approximate surface area is 328 Å². The van der Waals surface area contributed by atoms with Crippen molar-refractivity contribution in [2.75, 3.05) is 20.8 Å². The highest BCUT2D eigenvalue weighted by Crippen LogP contribution is 2.51. The number of alkyl carbamates (subject to hydrolysis) is 1. The van der Waals surface area contributed by atoms with Crippen LogP contribution in [0.2, 0.25) is 0 Å². The summed E-state index contributed by atoms with van der Waals surface area (Å²) in [6.07, 6.45) is 7.87. The lowest BCUT2D eigenvalue weighted by Crippen LogP contribution is -2.54. The molecule has 1 saturated heterocycles. The summed E-state index contributed by atoms with van der Waals surface area (Å²) in [6.45, 7) is 8.51. The zero-order valence-corrected chi connectivity index (χ0v) is 33.1. The van der Waals surface area contributed by atoms with E-state index in [1.54, 1.807) is 0 Å². The number of hydrogen-bond acceptors (Lipinski definition) is 8. The van der Waals surface area contributed by atoms with Crippen LogP contribution in [0.4, 0.5) is 9.59 Å². The summed E-state index contributed by atoms with van der Waals surface area (Å²) in [5.41, 5.74) is 7.86. The van der Waals surface area contributed by atoms with E-state index in [2.05, 4.69) is 74.9 Å². The third-order valence-electron chi connectivity index (χ3n) is 12.5. The number of hydrazine groups is 1. The van der Waals surface area contributed by atoms with E-state index in [9.17, 15) is 19.5 Å². The average molecular weight is 768 g/mol. The number of hydrogen-bond donors (Lipinski definition) is 6. The summed E-state index contributed by atoms with van der Waals surface area (Å²) in [7, 11) is 2.62. The fraction of sp³-hybridized carbons (Fsp3) is 0.500. The summed E-state index contributed by atoms with van der Waals surface area (Å²) < 4.78 is 11.7. The van der Waals surface area contributed by atoms with Gasteiger partial charge in [0.1, 0.15) is 12.4 Å². The number of H-pyrrole nitrogens is 1. The Bertz CT molecular complexity index is 1980. The van der Waals surface area contributed by atoms with Crippen LogP contribution in [0.15, 0.2) is 60.9 Å². The van der Waals surface area contributed by atoms with Gasteiger partial charge in [0, 0.05) is 36.9 Å². The number of aromatic amines is 1. The second kappa shape index (κ2) is 15.9. The first kappa shape index (κ1) is 38.7. The fourth-order valence-corrected chi connectivity index (χ4v) is 9.00. The quantitative estimate of drug-likeness (QED) is 0.0887. The van der Waals surface area contributed by atoms with Crippen LogP contribution in [0.1, 0.15) is 83.5 Å². The summed E-state index contributed by atoms with van der Waals surface area (Å²) in [5, 5.41) is 23.0. The molecule has 3 unspecified atom stereocenters. The standard InChI is InChI=1S/C42H54N8O6/c1-24(2)50(48-41(54)56-6)38(51)32-11-8-7-10-31(32)36-43-22-33(45-36)29-17-13-27(14-18-29)28-15-19-30(20-16-28)34-23-44-37(46-34)35-12-9-21-49(35)39(52)42(25(3)26(42)4)47-40(53)55-5/h13-20,22-26,31-32,35,37,44,46H,7-12,21H2,1-6H3,(H3,43,45,47,48,53,54)/p+1/t25?,26?,31-,32-,35-,37?,42?/m0/s1. The Hall–Kier alpha value is -5.53. The number of imidazole rings is 1. The predicted octanol–water partition coefficient (Wildman–Crippen LogP) is 5.85. The first-order valence-corrected chi connectivity index (χ1v) is 19.8. The molecule has 3 amide bonds. The van der Waals surface area contributed by atoms with Gasteiger partial charge in [-0.2, -0.15) is 4.58 Å². The zero-order chi connectivity index (χ0) is 39.7.